The lowest BCUT2D eigenvalue weighted by Gasteiger charge is -2.51. The van der Waals surface area contributed by atoms with E-state index in [4.69, 9.17) is 99.5 Å². The van der Waals surface area contributed by atoms with Gasteiger partial charge >= 0.3 is 0 Å². The number of rotatable bonds is 33. The molecular formula is C70H118N2O56. The van der Waals surface area contributed by atoms with E-state index in [0.717, 1.165) is 13.8 Å². The van der Waals surface area contributed by atoms with Crippen LogP contribution in [0.2, 0.25) is 0 Å². The number of carbonyl (C=O) groups is 2. The summed E-state index contributed by atoms with van der Waals surface area (Å²) in [6, 6.07) is -3.67. The second kappa shape index (κ2) is 45.8. The first-order chi connectivity index (χ1) is 60.7. The van der Waals surface area contributed by atoms with Crippen LogP contribution >= 0.6 is 0 Å². The Morgan fingerprint density at radius 2 is 0.430 bits per heavy atom. The van der Waals surface area contributed by atoms with Gasteiger partial charge in [0.15, 0.2) is 69.2 Å². The molecule has 0 bridgehead atoms. The maximum absolute atomic E-state index is 13.1. The third-order valence-corrected chi connectivity index (χ3v) is 23.8. The standard InChI is InChI=1S/C70H118N2O56/c1-14(82)71-27-38(93)52(23(10-80)110-60(27)107)121-61-28(72-15(2)83)39(94)53(24(11-81)118-61)122-67-51(106)56(37(92)26(119-67)13-108-62-46(101)40(95)29(84)16(3-73)111-62)125-70-59(128-69-58(44(99)33(88)20(7-77)117-69)127-66-50(105)55(36(91)22(9-79)115-66)124-64-48(103)42(97)31(86)18(5-75)113-64)45(100)34(89)25(120-70)12-109-68-57(43(98)32(87)19(6-76)116-68)126-65-49(104)54(35(90)21(8-78)114-65)123-63-47(102)41(96)30(85)17(4-74)112-63/h16-70,73-81,84-107H,3-13H2,1-2H3,(H,71,82)(H,72,83)/t16-,17-,18-,19-,20-,21-,22-,23-,24-,25-,26-,27-,28-,29-,30-,31-,32-,33-,34-,35-,36-,37-,38-,39-,40+,41+,42+,43+,44+,45+,46+,47+,48-,49+,50+,51+,52-,53-,54+,55+,56+,57+,58+,59+,60?,61+,62+,63-,64-,65-,66-,67+,68+,69-,70-/m1/s1. The third kappa shape index (κ3) is 22.5. The van der Waals surface area contributed by atoms with Crippen molar-refractivity contribution in [3.05, 3.63) is 0 Å². The van der Waals surface area contributed by atoms with Crippen molar-refractivity contribution in [2.24, 2.45) is 0 Å². The maximum atomic E-state index is 13.1. The van der Waals surface area contributed by atoms with E-state index in [1.165, 1.54) is 0 Å². The fraction of sp³-hybridized carbons (Fsp3) is 0.971. The van der Waals surface area contributed by atoms with Gasteiger partial charge in [-0.25, -0.2) is 0 Å². The van der Waals surface area contributed by atoms with E-state index in [1.54, 1.807) is 0 Å². The molecular weight excluding hydrogens is 1760 g/mol. The van der Waals surface area contributed by atoms with Crippen molar-refractivity contribution < 1.29 is 278 Å². The zero-order chi connectivity index (χ0) is 94.0. The molecule has 11 fully saturated rings. The first-order valence-electron chi connectivity index (χ1n) is 40.7. The average molecular weight is 1880 g/mol. The molecule has 0 saturated carbocycles. The lowest BCUT2D eigenvalue weighted by Crippen LogP contribution is -2.70. The topological polar surface area (TPSA) is 920 Å². The number of aliphatic hydroxyl groups excluding tert-OH is 33. The Balaban J connectivity index is 0.951. The van der Waals surface area contributed by atoms with Crippen LogP contribution in [0.15, 0.2) is 0 Å². The second-order valence-electron chi connectivity index (χ2n) is 32.3. The van der Waals surface area contributed by atoms with Crippen molar-refractivity contribution in [1.29, 1.82) is 0 Å². The van der Waals surface area contributed by atoms with Crippen molar-refractivity contribution in [1.82, 2.24) is 10.6 Å². The van der Waals surface area contributed by atoms with Crippen LogP contribution in [-0.2, 0) is 109 Å². The summed E-state index contributed by atoms with van der Waals surface area (Å²) in [7, 11) is 0. The van der Waals surface area contributed by atoms with Gasteiger partial charge in [-0.1, -0.05) is 0 Å². The van der Waals surface area contributed by atoms with Crippen molar-refractivity contribution in [2.45, 2.75) is 351 Å². The number of hydrogen-bond acceptors (Lipinski definition) is 56. The zero-order valence-corrected chi connectivity index (χ0v) is 67.7. The minimum absolute atomic E-state index is 0.816. The molecule has 55 atom stereocenters. The van der Waals surface area contributed by atoms with Gasteiger partial charge in [-0.2, -0.15) is 0 Å². The molecule has 1 unspecified atom stereocenters. The summed E-state index contributed by atoms with van der Waals surface area (Å²) in [6.07, 6.45) is -117. The smallest absolute Gasteiger partial charge is 0.217 e. The van der Waals surface area contributed by atoms with Gasteiger partial charge in [0.25, 0.3) is 0 Å². The molecule has 0 spiro atoms. The van der Waals surface area contributed by atoms with Crippen molar-refractivity contribution >= 4 is 11.8 Å². The largest absolute Gasteiger partial charge is 0.394 e. The first-order valence-corrected chi connectivity index (χ1v) is 40.7. The third-order valence-electron chi connectivity index (χ3n) is 23.8. The van der Waals surface area contributed by atoms with Gasteiger partial charge in [0.1, 0.15) is 268 Å². The highest BCUT2D eigenvalue weighted by Gasteiger charge is 2.63. The van der Waals surface area contributed by atoms with E-state index in [1.807, 2.05) is 0 Å². The lowest BCUT2D eigenvalue weighted by molar-refractivity contribution is -0.413. The van der Waals surface area contributed by atoms with Gasteiger partial charge in [-0.15, -0.1) is 0 Å². The predicted octanol–water partition coefficient (Wildman–Crippen LogP) is -24.7. The van der Waals surface area contributed by atoms with E-state index in [0.29, 0.717) is 0 Å². The molecule has 11 saturated heterocycles. The van der Waals surface area contributed by atoms with Gasteiger partial charge in [-0.05, 0) is 0 Å². The Hall–Kier alpha value is -3.22. The summed E-state index contributed by atoms with van der Waals surface area (Å²) in [4.78, 5) is 25.3. The molecule has 0 aromatic heterocycles. The predicted molar refractivity (Wildman–Crippen MR) is 386 cm³/mol. The number of nitrogens with one attached hydrogen (secondary N) is 2. The molecule has 11 heterocycles. The normalized spacial score (nSPS) is 51.7. The minimum Gasteiger partial charge on any atom is -0.394 e. The molecule has 11 rings (SSSR count). The van der Waals surface area contributed by atoms with Crippen molar-refractivity contribution in [3.63, 3.8) is 0 Å². The van der Waals surface area contributed by atoms with E-state index in [-0.39, 0.29) is 0 Å². The number of ether oxygens (including phenoxy) is 21. The van der Waals surface area contributed by atoms with Gasteiger partial charge < -0.3 is 279 Å². The van der Waals surface area contributed by atoms with E-state index < -0.39 is 422 Å². The molecule has 58 nitrogen and oxygen atoms in total. The summed E-state index contributed by atoms with van der Waals surface area (Å²) in [5, 5.41) is 373. The maximum Gasteiger partial charge on any atom is 0.217 e. The van der Waals surface area contributed by atoms with Crippen LogP contribution < -0.4 is 10.6 Å². The van der Waals surface area contributed by atoms with Crippen LogP contribution in [0.1, 0.15) is 13.8 Å². The molecule has 58 heteroatoms. The highest BCUT2D eigenvalue weighted by atomic mass is 16.8. The SMILES string of the molecule is CC(=O)N[C@H]1[C@H](O[C@H]2[C@H](O)[C@@H](NC(C)=O)C(O)O[C@@H]2CO)O[C@H](CO)[C@@H](O[C@@H]2O[C@H](CO[C@H]3O[C@H](CO)[C@@H](O)[C@H](O)[C@@H]3O)[C@@H](O)[C@H](O[C@H]3O[C@H](CO[C@H]4O[C@H](CO)[C@@H](O)[C@H](O)[C@@H]4O[C@H]4O[C@H](CO)[C@@H](O)[C@H](O[C@H]5O[C@H](CO)[C@@H](O)[C@H](O)[C@@H]5O)[C@@H]4O)[C@@H](O)[C@H](O)[C@@H]3O[C@H]3O[C@H](CO)[C@@H](O)[C@H](O)[C@@H]3O[C@H]3O[C@H](CO)[C@@H](O)[C@H](O[C@H]4O[C@H](CO)[C@@H](O)[C@H](O)[C@H]4O)[C@@H]3O)[C@@H]2O)[C@@H]1O. The van der Waals surface area contributed by atoms with Crippen LogP contribution in [0, 0.1) is 0 Å². The molecule has 11 aliphatic rings. The van der Waals surface area contributed by atoms with Gasteiger partial charge in [0.05, 0.1) is 72.7 Å². The highest BCUT2D eigenvalue weighted by Crippen LogP contribution is 2.42. The monoisotopic (exact) mass is 1880 g/mol. The van der Waals surface area contributed by atoms with Gasteiger partial charge in [0.2, 0.25) is 11.8 Å². The second-order valence-corrected chi connectivity index (χ2v) is 32.3. The van der Waals surface area contributed by atoms with E-state index >= 15 is 0 Å². The van der Waals surface area contributed by atoms with Gasteiger partial charge in [-0.3, -0.25) is 9.59 Å². The molecule has 128 heavy (non-hydrogen) atoms. The molecule has 35 N–H and O–H groups in total. The van der Waals surface area contributed by atoms with Crippen molar-refractivity contribution in [2.75, 3.05) is 72.7 Å². The molecule has 11 aliphatic heterocycles. The van der Waals surface area contributed by atoms with Crippen LogP contribution in [0.4, 0.5) is 0 Å². The Morgan fingerprint density at radius 3 is 0.820 bits per heavy atom. The van der Waals surface area contributed by atoms with Crippen LogP contribution in [0.3, 0.4) is 0 Å². The number of amides is 2. The lowest BCUT2D eigenvalue weighted by atomic mass is 9.94. The summed E-state index contributed by atoms with van der Waals surface area (Å²) in [5.74, 6) is -1.80. The Kier molecular flexibility index (Phi) is 37.7. The fourth-order valence-corrected chi connectivity index (χ4v) is 16.5. The van der Waals surface area contributed by atoms with Crippen LogP contribution in [0.5, 0.6) is 0 Å². The molecule has 0 radical (unpaired) electrons. The number of hydrogen-bond donors (Lipinski definition) is 35. The Bertz CT molecular complexity index is 3380. The number of carbonyl (C=O) groups excluding carboxylic acids is 2. The van der Waals surface area contributed by atoms with Crippen LogP contribution in [0.25, 0.3) is 0 Å². The highest BCUT2D eigenvalue weighted by molar-refractivity contribution is 5.73. The minimum atomic E-state index is -2.74. The fourth-order valence-electron chi connectivity index (χ4n) is 16.5. The van der Waals surface area contributed by atoms with E-state index in [9.17, 15) is 178 Å². The molecule has 0 aromatic carbocycles. The zero-order valence-electron chi connectivity index (χ0n) is 67.7. The average Bonchev–Trinajstić information content (AvgIpc) is 0.753. The number of aliphatic hydroxyl groups is 33. The van der Waals surface area contributed by atoms with E-state index in [2.05, 4.69) is 10.6 Å². The Labute approximate surface area is 722 Å². The Morgan fingerprint density at radius 1 is 0.203 bits per heavy atom. The molecule has 0 aliphatic carbocycles. The summed E-state index contributed by atoms with van der Waals surface area (Å²) in [6.45, 7) is -10.7. The quantitative estimate of drug-likeness (QED) is 0.0290. The first kappa shape index (κ1) is 105. The molecule has 744 valence electrons. The van der Waals surface area contributed by atoms with Crippen molar-refractivity contribution in [3.8, 4) is 0 Å². The van der Waals surface area contributed by atoms with Crippen LogP contribution in [-0.4, -0.2) is 591 Å². The summed E-state index contributed by atoms with van der Waals surface area (Å²) in [5.41, 5.74) is 0. The summed E-state index contributed by atoms with van der Waals surface area (Å²) >= 11 is 0. The summed E-state index contributed by atoms with van der Waals surface area (Å²) < 4.78 is 123. The molecule has 2 amide bonds. The van der Waals surface area contributed by atoms with Gasteiger partial charge in [0, 0.05) is 13.8 Å². The molecule has 0 aromatic rings.